The number of hydrazone groups is 1. The van der Waals surface area contributed by atoms with E-state index in [0.717, 1.165) is 30.5 Å². The number of amides is 2. The van der Waals surface area contributed by atoms with Gasteiger partial charge < -0.3 is 5.32 Å². The van der Waals surface area contributed by atoms with E-state index in [0.29, 0.717) is 17.7 Å². The molecule has 0 saturated carbocycles. The third-order valence-electron chi connectivity index (χ3n) is 4.23. The lowest BCUT2D eigenvalue weighted by molar-refractivity contribution is -0.116. The number of rotatable bonds is 8. The molecule has 0 aliphatic carbocycles. The van der Waals surface area contributed by atoms with Crippen LogP contribution in [0, 0.1) is 6.92 Å². The van der Waals surface area contributed by atoms with Gasteiger partial charge in [-0.25, -0.2) is 5.43 Å². The van der Waals surface area contributed by atoms with Crippen molar-refractivity contribution in [3.05, 3.63) is 65.2 Å². The van der Waals surface area contributed by atoms with Gasteiger partial charge in [-0.2, -0.15) is 5.10 Å². The number of aryl methyl sites for hydroxylation is 1. The van der Waals surface area contributed by atoms with E-state index in [1.807, 2.05) is 38.1 Å². The van der Waals surface area contributed by atoms with Crippen molar-refractivity contribution >= 4 is 23.2 Å². The smallest absolute Gasteiger partial charge is 0.271 e. The Hall–Kier alpha value is -2.95. The van der Waals surface area contributed by atoms with Gasteiger partial charge in [0.1, 0.15) is 0 Å². The molecule has 2 rings (SSSR count). The van der Waals surface area contributed by atoms with Gasteiger partial charge in [0.15, 0.2) is 0 Å². The van der Waals surface area contributed by atoms with E-state index in [1.54, 1.807) is 24.3 Å². The van der Waals surface area contributed by atoms with E-state index in [1.165, 1.54) is 5.56 Å². The molecular weight excluding hydrogens is 338 g/mol. The molecule has 2 aromatic rings. The minimum absolute atomic E-state index is 0.000950. The number of carbonyl (C=O) groups is 2. The zero-order valence-electron chi connectivity index (χ0n) is 16.2. The van der Waals surface area contributed by atoms with Crippen LogP contribution in [0.15, 0.2) is 53.6 Å². The van der Waals surface area contributed by atoms with E-state index in [4.69, 9.17) is 0 Å². The van der Waals surface area contributed by atoms with Crippen LogP contribution in [0.3, 0.4) is 0 Å². The number of hydrogen-bond donors (Lipinski definition) is 2. The third-order valence-corrected chi connectivity index (χ3v) is 4.23. The molecule has 0 aromatic heterocycles. The predicted octanol–water partition coefficient (Wildman–Crippen LogP) is 4.67. The summed E-state index contributed by atoms with van der Waals surface area (Å²) in [6, 6.07) is 14.8. The summed E-state index contributed by atoms with van der Waals surface area (Å²) in [5.74, 6) is -0.291. The summed E-state index contributed by atoms with van der Waals surface area (Å²) in [6.07, 6.45) is 3.54. The maximum absolute atomic E-state index is 12.2. The molecule has 0 bridgehead atoms. The number of anilines is 1. The van der Waals surface area contributed by atoms with Gasteiger partial charge >= 0.3 is 0 Å². The minimum atomic E-state index is -0.290. The highest BCUT2D eigenvalue weighted by Gasteiger charge is 2.07. The van der Waals surface area contributed by atoms with E-state index in [9.17, 15) is 9.59 Å². The van der Waals surface area contributed by atoms with Gasteiger partial charge in [0.05, 0.1) is 5.71 Å². The lowest BCUT2D eigenvalue weighted by atomic mass is 10.1. The Labute approximate surface area is 160 Å². The minimum Gasteiger partial charge on any atom is -0.326 e. The van der Waals surface area contributed by atoms with Gasteiger partial charge in [-0.15, -0.1) is 0 Å². The van der Waals surface area contributed by atoms with Crippen LogP contribution in [-0.4, -0.2) is 17.5 Å². The van der Waals surface area contributed by atoms with Gasteiger partial charge in [-0.05, 0) is 50.1 Å². The summed E-state index contributed by atoms with van der Waals surface area (Å²) in [6.45, 7) is 5.98. The Morgan fingerprint density at radius 3 is 2.19 bits per heavy atom. The summed E-state index contributed by atoms with van der Waals surface area (Å²) < 4.78 is 0. The molecule has 2 amide bonds. The number of carbonyl (C=O) groups excluding carboxylic acids is 2. The van der Waals surface area contributed by atoms with Crippen LogP contribution >= 0.6 is 0 Å². The van der Waals surface area contributed by atoms with Crippen molar-refractivity contribution in [1.29, 1.82) is 0 Å². The highest BCUT2D eigenvalue weighted by atomic mass is 16.2. The Morgan fingerprint density at radius 2 is 1.56 bits per heavy atom. The lowest BCUT2D eigenvalue weighted by Gasteiger charge is -2.07. The molecule has 0 atom stereocenters. The molecule has 5 nitrogen and oxygen atoms in total. The van der Waals surface area contributed by atoms with Crippen molar-refractivity contribution in [2.24, 2.45) is 5.10 Å². The first-order chi connectivity index (χ1) is 13.0. The van der Waals surface area contributed by atoms with E-state index in [2.05, 4.69) is 22.8 Å². The van der Waals surface area contributed by atoms with Crippen LogP contribution < -0.4 is 10.7 Å². The fourth-order valence-electron chi connectivity index (χ4n) is 2.52. The van der Waals surface area contributed by atoms with Crippen LogP contribution in [0.4, 0.5) is 5.69 Å². The molecule has 0 aliphatic rings. The zero-order valence-corrected chi connectivity index (χ0v) is 16.2. The standard InChI is InChI=1S/C22H27N3O2/c1-4-5-6-7-21(26)23-20-14-12-19(13-15-20)22(27)25-24-17(3)18-10-8-16(2)9-11-18/h8-15H,4-7H2,1-3H3,(H,23,26)(H,25,27)/b24-17+. The monoisotopic (exact) mass is 365 g/mol. The Bertz CT molecular complexity index is 793. The molecule has 5 heteroatoms. The van der Waals surface area contributed by atoms with Gasteiger partial charge in [-0.3, -0.25) is 9.59 Å². The average molecular weight is 365 g/mol. The van der Waals surface area contributed by atoms with Crippen LogP contribution in [0.25, 0.3) is 0 Å². The molecule has 2 N–H and O–H groups in total. The second kappa shape index (κ2) is 10.3. The number of nitrogens with one attached hydrogen (secondary N) is 2. The fraction of sp³-hybridized carbons (Fsp3) is 0.318. The maximum Gasteiger partial charge on any atom is 0.271 e. The van der Waals surface area contributed by atoms with Crippen molar-refractivity contribution in [3.8, 4) is 0 Å². The molecule has 27 heavy (non-hydrogen) atoms. The normalized spacial score (nSPS) is 11.1. The highest BCUT2D eigenvalue weighted by molar-refractivity contribution is 6.01. The lowest BCUT2D eigenvalue weighted by Crippen LogP contribution is -2.19. The zero-order chi connectivity index (χ0) is 19.6. The molecule has 0 unspecified atom stereocenters. The van der Waals surface area contributed by atoms with E-state index in [-0.39, 0.29) is 11.8 Å². The first-order valence-electron chi connectivity index (χ1n) is 9.31. The van der Waals surface area contributed by atoms with Crippen LogP contribution in [0.2, 0.25) is 0 Å². The van der Waals surface area contributed by atoms with Gasteiger partial charge in [0.25, 0.3) is 5.91 Å². The first kappa shape index (κ1) is 20.4. The largest absolute Gasteiger partial charge is 0.326 e. The van der Waals surface area contributed by atoms with Crippen molar-refractivity contribution < 1.29 is 9.59 Å². The molecule has 2 aromatic carbocycles. The molecule has 0 radical (unpaired) electrons. The summed E-state index contributed by atoms with van der Waals surface area (Å²) in [7, 11) is 0. The quantitative estimate of drug-likeness (QED) is 0.405. The molecule has 0 aliphatic heterocycles. The highest BCUT2D eigenvalue weighted by Crippen LogP contribution is 2.11. The summed E-state index contributed by atoms with van der Waals surface area (Å²) in [5.41, 5.74) is 6.61. The average Bonchev–Trinajstić information content (AvgIpc) is 2.67. The summed E-state index contributed by atoms with van der Waals surface area (Å²) in [4.78, 5) is 24.1. The van der Waals surface area contributed by atoms with Crippen molar-refractivity contribution in [3.63, 3.8) is 0 Å². The molecule has 0 fully saturated rings. The van der Waals surface area contributed by atoms with Crippen molar-refractivity contribution in [2.75, 3.05) is 5.32 Å². The van der Waals surface area contributed by atoms with E-state index < -0.39 is 0 Å². The van der Waals surface area contributed by atoms with Crippen molar-refractivity contribution in [2.45, 2.75) is 46.5 Å². The number of nitrogens with zero attached hydrogens (tertiary/aromatic N) is 1. The van der Waals surface area contributed by atoms with Gasteiger partial charge in [-0.1, -0.05) is 49.6 Å². The Balaban J connectivity index is 1.90. The number of hydrogen-bond acceptors (Lipinski definition) is 3. The van der Waals surface area contributed by atoms with Crippen molar-refractivity contribution in [1.82, 2.24) is 5.43 Å². The van der Waals surface area contributed by atoms with Crippen LogP contribution in [0.5, 0.6) is 0 Å². The molecule has 0 heterocycles. The number of unbranched alkanes of at least 4 members (excludes halogenated alkanes) is 2. The third kappa shape index (κ3) is 6.70. The first-order valence-corrected chi connectivity index (χ1v) is 9.31. The SMILES string of the molecule is CCCCCC(=O)Nc1ccc(C(=O)N/N=C(\C)c2ccc(C)cc2)cc1. The topological polar surface area (TPSA) is 70.6 Å². The summed E-state index contributed by atoms with van der Waals surface area (Å²) >= 11 is 0. The van der Waals surface area contributed by atoms with E-state index >= 15 is 0 Å². The summed E-state index contributed by atoms with van der Waals surface area (Å²) in [5, 5.41) is 7.01. The Kier molecular flexibility index (Phi) is 7.74. The second-order valence-electron chi connectivity index (χ2n) is 6.59. The van der Waals surface area contributed by atoms with Crippen LogP contribution in [-0.2, 0) is 4.79 Å². The molecule has 142 valence electrons. The van der Waals surface area contributed by atoms with Crippen LogP contribution in [0.1, 0.15) is 61.0 Å². The van der Waals surface area contributed by atoms with Gasteiger partial charge in [0.2, 0.25) is 5.91 Å². The predicted molar refractivity (Wildman–Crippen MR) is 110 cm³/mol. The number of benzene rings is 2. The second-order valence-corrected chi connectivity index (χ2v) is 6.59. The fourth-order valence-corrected chi connectivity index (χ4v) is 2.52. The molecule has 0 saturated heterocycles. The van der Waals surface area contributed by atoms with Gasteiger partial charge in [0, 0.05) is 17.7 Å². The maximum atomic E-state index is 12.2. The Morgan fingerprint density at radius 1 is 0.926 bits per heavy atom. The molecular formula is C22H27N3O2. The molecule has 0 spiro atoms.